The minimum Gasteiger partial charge on any atom is -0.370 e. The van der Waals surface area contributed by atoms with Crippen molar-refractivity contribution in [1.82, 2.24) is 31.6 Å². The summed E-state index contributed by atoms with van der Waals surface area (Å²) in [7, 11) is 0. The topological polar surface area (TPSA) is 427 Å². The lowest BCUT2D eigenvalue weighted by atomic mass is 9.83. The van der Waals surface area contributed by atoms with E-state index in [-0.39, 0.29) is 108 Å². The van der Waals surface area contributed by atoms with Crippen LogP contribution < -0.4 is 61.0 Å². The largest absolute Gasteiger partial charge is 0.370 e. The predicted octanol–water partition coefficient (Wildman–Crippen LogP) is -0.922. The summed E-state index contributed by atoms with van der Waals surface area (Å²) in [5.74, 6) is -11.0. The zero-order valence-electron chi connectivity index (χ0n) is 42.6. The third kappa shape index (κ3) is 20.6. The number of aromatic nitrogens is 1. The normalized spacial score (nSPS) is 21.2. The second kappa shape index (κ2) is 30.2. The summed E-state index contributed by atoms with van der Waals surface area (Å²) in [5, 5.41) is 13.6. The second-order valence-corrected chi connectivity index (χ2v) is 18.9. The lowest BCUT2D eigenvalue weighted by molar-refractivity contribution is -0.136. The molecule has 412 valence electrons. The SMILES string of the molecule is CC(=O)N[C@@H](CCCN=C(N)N)C(=O)N[C@H]1CCCCC(=O)CC[C@@H](C(N)=O)NC(=O)[C@H](Cc2c[nH]c3ccccc23)CC(=O)[C@H](CCCN=C(N)N)CC(=O)[C@@H](Cc2ccc(F)cc2)NC(=O)[C@H](CC(N)=O)NC1=O. The molecule has 1 saturated heterocycles. The number of hydrogen-bond acceptors (Lipinski definition) is 12. The number of amides is 7. The van der Waals surface area contributed by atoms with E-state index in [1.54, 1.807) is 12.3 Å². The van der Waals surface area contributed by atoms with Crippen molar-refractivity contribution in [3.63, 3.8) is 0 Å². The molecule has 1 aliphatic rings. The van der Waals surface area contributed by atoms with Gasteiger partial charge in [-0.25, -0.2) is 4.39 Å². The number of primary amides is 2. The Morgan fingerprint density at radius 2 is 1.38 bits per heavy atom. The van der Waals surface area contributed by atoms with Crippen molar-refractivity contribution in [3.05, 3.63) is 71.7 Å². The van der Waals surface area contributed by atoms with Gasteiger partial charge in [-0.15, -0.1) is 0 Å². The number of guanidine groups is 2. The number of halogens is 1. The van der Waals surface area contributed by atoms with Crippen LogP contribution in [0.4, 0.5) is 4.39 Å². The summed E-state index contributed by atoms with van der Waals surface area (Å²) in [4.78, 5) is 148. The number of carbonyl (C=O) groups is 10. The summed E-state index contributed by atoms with van der Waals surface area (Å²) >= 11 is 0. The molecule has 76 heavy (non-hydrogen) atoms. The minimum atomic E-state index is -1.75. The van der Waals surface area contributed by atoms with Gasteiger partial charge in [0.25, 0.3) is 0 Å². The number of nitrogens with zero attached hydrogens (tertiary/aromatic N) is 2. The number of aliphatic imine (C=N–C) groups is 2. The Bertz CT molecular complexity index is 2610. The van der Waals surface area contributed by atoms with E-state index in [1.165, 1.54) is 19.1 Å². The van der Waals surface area contributed by atoms with Crippen molar-refractivity contribution >= 4 is 81.5 Å². The number of H-pyrrole nitrogens is 1. The smallest absolute Gasteiger partial charge is 0.243 e. The highest BCUT2D eigenvalue weighted by Crippen LogP contribution is 2.26. The van der Waals surface area contributed by atoms with Gasteiger partial charge in [0.1, 0.15) is 41.6 Å². The van der Waals surface area contributed by atoms with Crippen LogP contribution in [0.25, 0.3) is 10.9 Å². The summed E-state index contributed by atoms with van der Waals surface area (Å²) in [6.07, 6.45) is -0.221. The molecule has 3 aromatic rings. The molecule has 0 saturated carbocycles. The molecule has 25 heteroatoms. The first-order valence-electron chi connectivity index (χ1n) is 25.1. The number of nitrogens with two attached hydrogens (primary N) is 6. The van der Waals surface area contributed by atoms with Gasteiger partial charge in [-0.05, 0) is 87.1 Å². The first-order chi connectivity index (χ1) is 36.1. The molecule has 4 rings (SSSR count). The first kappa shape index (κ1) is 60.3. The van der Waals surface area contributed by atoms with Crippen LogP contribution in [0.5, 0.6) is 0 Å². The maximum atomic E-state index is 14.7. The molecule has 24 nitrogen and oxygen atoms in total. The quantitative estimate of drug-likeness (QED) is 0.0417. The zero-order valence-corrected chi connectivity index (χ0v) is 42.6. The number of fused-ring (bicyclic) bond motifs is 1. The van der Waals surface area contributed by atoms with Crippen molar-refractivity contribution in [1.29, 1.82) is 0 Å². The Labute approximate surface area is 438 Å². The number of aromatic amines is 1. The molecule has 0 bridgehead atoms. The fourth-order valence-corrected chi connectivity index (χ4v) is 8.83. The standard InChI is InChI=1S/C51H71FN14O10/c1-28(67)62-38(13-7-21-60-51(57)58)47(74)64-39-12-4-2-9-34(68)18-19-37(45(54)72)63-46(73)31(23-32-27-61-36-11-5-3-10-35(32)36)25-42(69)30(8-6-20-59-50(55)56)24-43(70)40(22-29-14-16-33(52)17-15-29)65-49(76)41(26-44(53)71)66-48(39)75/h3,5,10-11,14-17,27,30-31,37-41,61H,2,4,6-9,12-13,18-26H2,1H3,(H2,53,71)(H2,54,72)(H,62,67)(H,63,73)(H,64,74)(H,65,76)(H,66,75)(H4,55,56,59)(H4,57,58,60)/t30-,31-,37+,38+,39+,40-,41+/m1/s1. The Hall–Kier alpha value is -8.25. The van der Waals surface area contributed by atoms with Gasteiger partial charge in [0.15, 0.2) is 17.7 Å². The van der Waals surface area contributed by atoms with Gasteiger partial charge in [-0.2, -0.15) is 0 Å². The maximum Gasteiger partial charge on any atom is 0.243 e. The van der Waals surface area contributed by atoms with E-state index >= 15 is 0 Å². The number of rotatable bonds is 18. The van der Waals surface area contributed by atoms with Crippen LogP contribution in [-0.4, -0.2) is 119 Å². The fourth-order valence-electron chi connectivity index (χ4n) is 8.83. The van der Waals surface area contributed by atoms with Crippen molar-refractivity contribution in [2.75, 3.05) is 13.1 Å². The van der Waals surface area contributed by atoms with Crippen molar-refractivity contribution < 1.29 is 52.3 Å². The average Bonchev–Trinajstić information content (AvgIpc) is 3.77. The third-order valence-corrected chi connectivity index (χ3v) is 12.8. The van der Waals surface area contributed by atoms with E-state index in [0.29, 0.717) is 11.1 Å². The Morgan fingerprint density at radius 3 is 2.04 bits per heavy atom. The highest BCUT2D eigenvalue weighted by Gasteiger charge is 2.35. The monoisotopic (exact) mass is 1060 g/mol. The van der Waals surface area contributed by atoms with Crippen LogP contribution in [0.3, 0.4) is 0 Å². The number of nitrogens with one attached hydrogen (secondary N) is 6. The molecule has 2 aromatic carbocycles. The molecular formula is C51H71FN14O10. The fraction of sp³-hybridized carbons (Fsp3) is 0.490. The summed E-state index contributed by atoms with van der Waals surface area (Å²) in [6.45, 7) is 1.34. The van der Waals surface area contributed by atoms with Gasteiger partial charge >= 0.3 is 0 Å². The van der Waals surface area contributed by atoms with Crippen LogP contribution in [-0.2, 0) is 60.8 Å². The molecule has 0 spiro atoms. The third-order valence-electron chi connectivity index (χ3n) is 12.8. The molecule has 0 unspecified atom stereocenters. The van der Waals surface area contributed by atoms with Gasteiger partial charge < -0.3 is 66.0 Å². The van der Waals surface area contributed by atoms with Gasteiger partial charge in [-0.3, -0.25) is 57.9 Å². The van der Waals surface area contributed by atoms with Crippen molar-refractivity contribution in [2.45, 2.75) is 133 Å². The molecule has 7 amide bonds. The summed E-state index contributed by atoms with van der Waals surface area (Å²) in [6, 6.07) is 5.11. The maximum absolute atomic E-state index is 14.7. The van der Waals surface area contributed by atoms with E-state index in [2.05, 4.69) is 41.6 Å². The highest BCUT2D eigenvalue weighted by molar-refractivity contribution is 5.99. The average molecular weight is 1060 g/mol. The van der Waals surface area contributed by atoms with Gasteiger partial charge in [-0.1, -0.05) is 36.8 Å². The minimum absolute atomic E-state index is 0.00828. The number of carbonyl (C=O) groups excluding carboxylic acids is 10. The number of hydrogen-bond donors (Lipinski definition) is 12. The molecule has 0 radical (unpaired) electrons. The molecule has 1 aromatic heterocycles. The van der Waals surface area contributed by atoms with Crippen LogP contribution in [0.15, 0.2) is 64.7 Å². The molecule has 2 heterocycles. The Balaban J connectivity index is 1.79. The molecular weight excluding hydrogens is 988 g/mol. The summed E-state index contributed by atoms with van der Waals surface area (Å²) in [5.41, 5.74) is 35.1. The lowest BCUT2D eigenvalue weighted by Gasteiger charge is -2.27. The zero-order chi connectivity index (χ0) is 55.9. The van der Waals surface area contributed by atoms with Crippen molar-refractivity contribution in [2.24, 2.45) is 56.2 Å². The molecule has 18 N–H and O–H groups in total. The van der Waals surface area contributed by atoms with Gasteiger partial charge in [0, 0.05) is 74.6 Å². The second-order valence-electron chi connectivity index (χ2n) is 18.9. The molecule has 0 aliphatic carbocycles. The van der Waals surface area contributed by atoms with Gasteiger partial charge in [0.05, 0.1) is 12.5 Å². The van der Waals surface area contributed by atoms with E-state index in [1.807, 2.05) is 18.2 Å². The lowest BCUT2D eigenvalue weighted by Crippen LogP contribution is -2.58. The highest BCUT2D eigenvalue weighted by atomic mass is 19.1. The predicted molar refractivity (Wildman–Crippen MR) is 279 cm³/mol. The van der Waals surface area contributed by atoms with Crippen LogP contribution in [0, 0.1) is 17.7 Å². The Morgan fingerprint density at radius 1 is 0.724 bits per heavy atom. The van der Waals surface area contributed by atoms with Crippen LogP contribution >= 0.6 is 0 Å². The summed E-state index contributed by atoms with van der Waals surface area (Å²) < 4.78 is 14.1. The van der Waals surface area contributed by atoms with Crippen LogP contribution in [0.1, 0.15) is 102 Å². The number of ketones is 3. The van der Waals surface area contributed by atoms with E-state index in [9.17, 15) is 52.3 Å². The number of Topliss-reactive ketones (excluding diaryl/α,β-unsaturated/α-hetero) is 3. The van der Waals surface area contributed by atoms with E-state index in [4.69, 9.17) is 34.4 Å². The van der Waals surface area contributed by atoms with Crippen molar-refractivity contribution in [3.8, 4) is 0 Å². The van der Waals surface area contributed by atoms with Crippen LogP contribution in [0.2, 0.25) is 0 Å². The first-order valence-corrected chi connectivity index (χ1v) is 25.1. The van der Waals surface area contributed by atoms with Gasteiger partial charge in [0.2, 0.25) is 41.4 Å². The molecule has 7 atom stereocenters. The molecule has 1 fully saturated rings. The molecule has 1 aliphatic heterocycles. The Kier molecular flexibility index (Phi) is 24.0. The number of benzene rings is 2. The van der Waals surface area contributed by atoms with E-state index in [0.717, 1.165) is 23.0 Å². The van der Waals surface area contributed by atoms with E-state index < -0.39 is 120 Å². The number of para-hydroxylation sites is 1.